The number of thiocarbonyl (C=S) groups is 1. The molecule has 0 aliphatic carbocycles. The average molecular weight is 261 g/mol. The minimum atomic E-state index is -0.472. The molecule has 0 fully saturated rings. The van der Waals surface area contributed by atoms with Crippen LogP contribution in [0.1, 0.15) is 27.2 Å². The Morgan fingerprint density at radius 2 is 2.25 bits per heavy atom. The number of ether oxygens (including phenoxy) is 1. The van der Waals surface area contributed by atoms with Crippen LogP contribution in [-0.2, 0) is 9.53 Å². The first kappa shape index (κ1) is 15.2. The van der Waals surface area contributed by atoms with Gasteiger partial charge in [0.25, 0.3) is 0 Å². The molecule has 0 aliphatic heterocycles. The van der Waals surface area contributed by atoms with Gasteiger partial charge in [-0.1, -0.05) is 38.1 Å². The number of rotatable bonds is 6. The number of esters is 1. The first-order valence-electron chi connectivity index (χ1n) is 4.91. The highest BCUT2D eigenvalue weighted by molar-refractivity contribution is 8.23. The van der Waals surface area contributed by atoms with Crippen LogP contribution in [0.25, 0.3) is 10.4 Å². The van der Waals surface area contributed by atoms with Gasteiger partial charge in [-0.3, -0.25) is 4.79 Å². The summed E-state index contributed by atoms with van der Waals surface area (Å²) in [4.78, 5) is 13.9. The van der Waals surface area contributed by atoms with Crippen LogP contribution in [0.15, 0.2) is 5.11 Å². The van der Waals surface area contributed by atoms with Gasteiger partial charge in [-0.15, -0.1) is 11.8 Å². The van der Waals surface area contributed by atoms with Crippen molar-refractivity contribution < 1.29 is 9.53 Å². The molecule has 0 bridgehead atoms. The topological polar surface area (TPSA) is 75.1 Å². The van der Waals surface area contributed by atoms with Crippen LogP contribution in [-0.4, -0.2) is 22.1 Å². The normalized spacial score (nSPS) is 11.8. The second-order valence-electron chi connectivity index (χ2n) is 3.29. The van der Waals surface area contributed by atoms with Gasteiger partial charge in [-0.2, -0.15) is 0 Å². The maximum absolute atomic E-state index is 11.2. The molecule has 0 amide bonds. The van der Waals surface area contributed by atoms with Gasteiger partial charge < -0.3 is 4.74 Å². The van der Waals surface area contributed by atoms with Gasteiger partial charge >= 0.3 is 5.97 Å². The van der Waals surface area contributed by atoms with E-state index in [-0.39, 0.29) is 18.5 Å². The van der Waals surface area contributed by atoms with Crippen molar-refractivity contribution in [3.63, 3.8) is 0 Å². The minimum absolute atomic E-state index is 0.0614. The van der Waals surface area contributed by atoms with Crippen LogP contribution in [0.3, 0.4) is 0 Å². The number of thioether (sulfide) groups is 1. The van der Waals surface area contributed by atoms with E-state index in [0.717, 1.165) is 10.6 Å². The van der Waals surface area contributed by atoms with Crippen LogP contribution in [0.2, 0.25) is 0 Å². The molecule has 0 rings (SSSR count). The summed E-state index contributed by atoms with van der Waals surface area (Å²) in [5.74, 6) is -0.490. The van der Waals surface area contributed by atoms with Gasteiger partial charge in [0.1, 0.15) is 12.0 Å². The number of carbonyl (C=O) groups is 1. The third-order valence-corrected chi connectivity index (χ3v) is 3.21. The lowest BCUT2D eigenvalue weighted by Crippen LogP contribution is -2.18. The summed E-state index contributed by atoms with van der Waals surface area (Å²) < 4.78 is 5.71. The average Bonchev–Trinajstić information content (AvgIpc) is 2.25. The molecule has 1 atom stereocenters. The van der Waals surface area contributed by atoms with E-state index >= 15 is 0 Å². The van der Waals surface area contributed by atoms with E-state index in [1.54, 1.807) is 13.8 Å². The van der Waals surface area contributed by atoms with Crippen molar-refractivity contribution in [3.05, 3.63) is 10.4 Å². The van der Waals surface area contributed by atoms with E-state index in [1.807, 2.05) is 6.92 Å². The van der Waals surface area contributed by atoms with E-state index in [4.69, 9.17) is 22.5 Å². The van der Waals surface area contributed by atoms with Crippen LogP contribution in [0.4, 0.5) is 0 Å². The fourth-order valence-electron chi connectivity index (χ4n) is 0.704. The first-order valence-corrected chi connectivity index (χ1v) is 6.20. The molecule has 0 radical (unpaired) electrons. The number of hydrogen-bond donors (Lipinski definition) is 0. The smallest absolute Gasteiger partial charge is 0.308 e. The van der Waals surface area contributed by atoms with Crippen molar-refractivity contribution in [2.45, 2.75) is 32.6 Å². The largest absolute Gasteiger partial charge is 0.464 e. The molecule has 5 nitrogen and oxygen atoms in total. The van der Waals surface area contributed by atoms with E-state index in [1.165, 1.54) is 11.8 Å². The van der Waals surface area contributed by atoms with Crippen molar-refractivity contribution in [1.82, 2.24) is 0 Å². The summed E-state index contributed by atoms with van der Waals surface area (Å²) in [6.45, 7) is 5.47. The Labute approximate surface area is 105 Å². The molecular formula is C9H15N3O2S2. The Hall–Kier alpha value is -0.780. The molecule has 0 saturated heterocycles. The van der Waals surface area contributed by atoms with Gasteiger partial charge in [-0.25, -0.2) is 0 Å². The predicted molar refractivity (Wildman–Crippen MR) is 69.2 cm³/mol. The minimum Gasteiger partial charge on any atom is -0.464 e. The quantitative estimate of drug-likeness (QED) is 0.242. The Balaban J connectivity index is 4.19. The summed E-state index contributed by atoms with van der Waals surface area (Å²) in [5, 5.41) is 3.05. The highest BCUT2D eigenvalue weighted by Crippen LogP contribution is 2.18. The van der Waals surface area contributed by atoms with Crippen molar-refractivity contribution in [2.75, 3.05) is 6.61 Å². The molecule has 0 aromatic heterocycles. The molecule has 0 spiro atoms. The summed E-state index contributed by atoms with van der Waals surface area (Å²) >= 11 is 6.27. The lowest BCUT2D eigenvalue weighted by atomic mass is 10.2. The molecule has 1 unspecified atom stereocenters. The zero-order valence-electron chi connectivity index (χ0n) is 9.54. The second-order valence-corrected chi connectivity index (χ2v) is 5.31. The summed E-state index contributed by atoms with van der Waals surface area (Å²) in [7, 11) is 0. The molecule has 0 aliphatic rings. The van der Waals surface area contributed by atoms with Gasteiger partial charge in [0.2, 0.25) is 0 Å². The van der Waals surface area contributed by atoms with Gasteiger partial charge in [-0.05, 0) is 12.0 Å². The van der Waals surface area contributed by atoms with E-state index < -0.39 is 5.37 Å². The zero-order chi connectivity index (χ0) is 12.6. The molecule has 0 saturated carbocycles. The van der Waals surface area contributed by atoms with Crippen molar-refractivity contribution in [1.29, 1.82) is 0 Å². The molecular weight excluding hydrogens is 246 g/mol. The van der Waals surface area contributed by atoms with Crippen molar-refractivity contribution in [3.8, 4) is 0 Å². The number of nitrogens with zero attached hydrogens (tertiary/aromatic N) is 3. The van der Waals surface area contributed by atoms with E-state index in [9.17, 15) is 4.79 Å². The van der Waals surface area contributed by atoms with Gasteiger partial charge in [0, 0.05) is 9.11 Å². The predicted octanol–water partition coefficient (Wildman–Crippen LogP) is 3.29. The Morgan fingerprint density at radius 3 is 2.69 bits per heavy atom. The maximum atomic E-state index is 11.2. The van der Waals surface area contributed by atoms with E-state index in [0.29, 0.717) is 0 Å². The number of hydrogen-bond acceptors (Lipinski definition) is 5. The molecule has 0 N–H and O–H groups in total. The molecule has 0 aromatic carbocycles. The standard InChI is InChI=1S/C9H15N3O2S2/c1-4-8(15)16-7(11-12-10)5-14-9(13)6(2)3/h6-7H,4-5H2,1-3H3. The van der Waals surface area contributed by atoms with Crippen molar-refractivity contribution >= 4 is 34.1 Å². The van der Waals surface area contributed by atoms with Crippen LogP contribution in [0, 0.1) is 5.92 Å². The Bertz CT molecular complexity index is 301. The Morgan fingerprint density at radius 1 is 1.62 bits per heavy atom. The van der Waals surface area contributed by atoms with E-state index in [2.05, 4.69) is 10.0 Å². The lowest BCUT2D eigenvalue weighted by Gasteiger charge is -2.12. The fourth-order valence-corrected chi connectivity index (χ4v) is 1.73. The fraction of sp³-hybridized carbons (Fsp3) is 0.778. The monoisotopic (exact) mass is 261 g/mol. The molecule has 0 heterocycles. The lowest BCUT2D eigenvalue weighted by molar-refractivity contribution is -0.147. The SMILES string of the molecule is CCC(=S)SC(COC(=O)C(C)C)N=[N+]=[N-]. The highest BCUT2D eigenvalue weighted by Gasteiger charge is 2.14. The summed E-state index contributed by atoms with van der Waals surface area (Å²) in [5.41, 5.74) is 8.36. The number of carbonyl (C=O) groups excluding carboxylic acids is 1. The molecule has 7 heteroatoms. The van der Waals surface area contributed by atoms with Gasteiger partial charge in [0.15, 0.2) is 0 Å². The molecule has 90 valence electrons. The third kappa shape index (κ3) is 6.66. The van der Waals surface area contributed by atoms with Crippen LogP contribution >= 0.6 is 24.0 Å². The Kier molecular flexibility index (Phi) is 7.97. The summed E-state index contributed by atoms with van der Waals surface area (Å²) in [6, 6.07) is 0. The van der Waals surface area contributed by atoms with Gasteiger partial charge in [0.05, 0.1) is 5.92 Å². The highest BCUT2D eigenvalue weighted by atomic mass is 32.2. The second kappa shape index (κ2) is 8.38. The third-order valence-electron chi connectivity index (χ3n) is 1.58. The van der Waals surface area contributed by atoms with Crippen molar-refractivity contribution in [2.24, 2.45) is 11.0 Å². The molecule has 0 aromatic rings. The number of azide groups is 1. The zero-order valence-corrected chi connectivity index (χ0v) is 11.2. The van der Waals surface area contributed by atoms with Crippen LogP contribution in [0.5, 0.6) is 0 Å². The first-order chi connectivity index (χ1) is 7.51. The molecule has 16 heavy (non-hydrogen) atoms. The summed E-state index contributed by atoms with van der Waals surface area (Å²) in [6.07, 6.45) is 0.718. The maximum Gasteiger partial charge on any atom is 0.308 e. The van der Waals surface area contributed by atoms with Crippen LogP contribution < -0.4 is 0 Å².